The van der Waals surface area contributed by atoms with Crippen LogP contribution in [0, 0.1) is 11.3 Å². The Hall–Kier alpha value is -2.26. The fourth-order valence-electron chi connectivity index (χ4n) is 3.26. The largest absolute Gasteiger partial charge is 0.369 e. The maximum Gasteiger partial charge on any atom is 0.220 e. The van der Waals surface area contributed by atoms with Gasteiger partial charge in [0.2, 0.25) is 11.9 Å². The van der Waals surface area contributed by atoms with Crippen molar-refractivity contribution in [2.24, 2.45) is 21.5 Å². The minimum atomic E-state index is -0.548. The number of aliphatic imine (C=N–C) groups is 2. The van der Waals surface area contributed by atoms with Gasteiger partial charge in [0.05, 0.1) is 11.3 Å². The highest BCUT2D eigenvalue weighted by molar-refractivity contribution is 6.30. The highest BCUT2D eigenvalue weighted by atomic mass is 35.5. The number of benzene rings is 1. The molecule has 0 saturated heterocycles. The van der Waals surface area contributed by atoms with Crippen molar-refractivity contribution in [3.05, 3.63) is 28.8 Å². The van der Waals surface area contributed by atoms with E-state index in [-0.39, 0.29) is 11.9 Å². The normalized spacial score (nSPS) is 20.3. The van der Waals surface area contributed by atoms with Gasteiger partial charge in [0.1, 0.15) is 11.7 Å². The molecule has 1 spiro atoms. The van der Waals surface area contributed by atoms with E-state index < -0.39 is 5.66 Å². The Kier molecular flexibility index (Phi) is 3.67. The van der Waals surface area contributed by atoms with E-state index in [0.29, 0.717) is 16.3 Å². The number of nitrogens with two attached hydrogens (primary N) is 2. The van der Waals surface area contributed by atoms with Crippen LogP contribution in [0.5, 0.6) is 0 Å². The Balaban J connectivity index is 2.15. The van der Waals surface area contributed by atoms with Gasteiger partial charge in [-0.1, -0.05) is 18.0 Å². The van der Waals surface area contributed by atoms with E-state index in [2.05, 4.69) is 16.1 Å². The molecule has 0 amide bonds. The number of rotatable bonds is 1. The van der Waals surface area contributed by atoms with Gasteiger partial charge in [0.15, 0.2) is 0 Å². The Morgan fingerprint density at radius 3 is 2.64 bits per heavy atom. The molecular formula is C15H17ClN6. The zero-order chi connectivity index (χ0) is 15.7. The Morgan fingerprint density at radius 1 is 1.23 bits per heavy atom. The predicted molar refractivity (Wildman–Crippen MR) is 87.7 cm³/mol. The quantitative estimate of drug-likeness (QED) is 0.829. The highest BCUT2D eigenvalue weighted by Gasteiger charge is 2.43. The average Bonchev–Trinajstić information content (AvgIpc) is 2.48. The number of guanidine groups is 2. The van der Waals surface area contributed by atoms with Crippen LogP contribution >= 0.6 is 11.6 Å². The Bertz CT molecular complexity index is 696. The molecular weight excluding hydrogens is 300 g/mol. The van der Waals surface area contributed by atoms with Crippen molar-refractivity contribution in [1.82, 2.24) is 0 Å². The molecule has 3 rings (SSSR count). The lowest BCUT2D eigenvalue weighted by Gasteiger charge is -2.45. The summed E-state index contributed by atoms with van der Waals surface area (Å²) in [6, 6.07) is 7.33. The lowest BCUT2D eigenvalue weighted by atomic mass is 9.87. The van der Waals surface area contributed by atoms with Crippen molar-refractivity contribution in [3.63, 3.8) is 0 Å². The SMILES string of the molecule is N#Cc1cc(Cl)ccc1N1C(N)=NC(N)=NC12CCCCC2. The highest BCUT2D eigenvalue weighted by Crippen LogP contribution is 2.40. The number of hydrogen-bond donors (Lipinski definition) is 2. The summed E-state index contributed by atoms with van der Waals surface area (Å²) in [6.07, 6.45) is 4.90. The third-order valence-electron chi connectivity index (χ3n) is 4.17. The monoisotopic (exact) mass is 316 g/mol. The molecule has 1 aromatic rings. The van der Waals surface area contributed by atoms with Gasteiger partial charge >= 0.3 is 0 Å². The molecule has 0 unspecified atom stereocenters. The summed E-state index contributed by atoms with van der Waals surface area (Å²) in [5.74, 6) is 0.469. The molecule has 22 heavy (non-hydrogen) atoms. The van der Waals surface area contributed by atoms with Crippen LogP contribution in [0.3, 0.4) is 0 Å². The van der Waals surface area contributed by atoms with E-state index in [1.54, 1.807) is 18.2 Å². The van der Waals surface area contributed by atoms with Crippen molar-refractivity contribution >= 4 is 29.2 Å². The second kappa shape index (κ2) is 5.50. The molecule has 4 N–H and O–H groups in total. The van der Waals surface area contributed by atoms with Crippen molar-refractivity contribution in [1.29, 1.82) is 5.26 Å². The van der Waals surface area contributed by atoms with Gasteiger partial charge < -0.3 is 11.5 Å². The molecule has 0 radical (unpaired) electrons. The van der Waals surface area contributed by atoms with Crippen molar-refractivity contribution < 1.29 is 0 Å². The molecule has 0 atom stereocenters. The van der Waals surface area contributed by atoms with Crippen LogP contribution in [0.1, 0.15) is 37.7 Å². The number of anilines is 1. The third kappa shape index (κ3) is 2.38. The topological polar surface area (TPSA) is 104 Å². The zero-order valence-corrected chi connectivity index (χ0v) is 12.8. The van der Waals surface area contributed by atoms with Gasteiger partial charge in [-0.25, -0.2) is 4.99 Å². The van der Waals surface area contributed by atoms with Crippen molar-refractivity contribution in [2.75, 3.05) is 4.90 Å². The van der Waals surface area contributed by atoms with Crippen LogP contribution in [0.15, 0.2) is 28.2 Å². The summed E-state index contributed by atoms with van der Waals surface area (Å²) in [5, 5.41) is 9.93. The van der Waals surface area contributed by atoms with E-state index in [9.17, 15) is 5.26 Å². The molecule has 1 fully saturated rings. The van der Waals surface area contributed by atoms with E-state index in [1.807, 2.05) is 4.90 Å². The van der Waals surface area contributed by atoms with E-state index >= 15 is 0 Å². The first-order valence-corrected chi connectivity index (χ1v) is 7.63. The molecule has 1 aliphatic carbocycles. The predicted octanol–water partition coefficient (Wildman–Crippen LogP) is 2.32. The fourth-order valence-corrected chi connectivity index (χ4v) is 3.43. The minimum Gasteiger partial charge on any atom is -0.369 e. The summed E-state index contributed by atoms with van der Waals surface area (Å²) in [7, 11) is 0. The van der Waals surface area contributed by atoms with Crippen LogP contribution < -0.4 is 16.4 Å². The summed E-state index contributed by atoms with van der Waals surface area (Å²) in [5.41, 5.74) is 12.6. The van der Waals surface area contributed by atoms with E-state index in [1.165, 1.54) is 0 Å². The number of nitrogens with zero attached hydrogens (tertiary/aromatic N) is 4. The molecule has 1 aliphatic heterocycles. The smallest absolute Gasteiger partial charge is 0.220 e. The molecule has 1 aromatic carbocycles. The van der Waals surface area contributed by atoms with Crippen LogP contribution in [0.2, 0.25) is 5.02 Å². The van der Waals surface area contributed by atoms with E-state index in [0.717, 1.165) is 32.1 Å². The summed E-state index contributed by atoms with van der Waals surface area (Å²) in [6.45, 7) is 0. The van der Waals surface area contributed by atoms with Crippen molar-refractivity contribution in [2.45, 2.75) is 37.8 Å². The summed E-state index contributed by atoms with van der Waals surface area (Å²) in [4.78, 5) is 10.5. The van der Waals surface area contributed by atoms with Gasteiger partial charge in [0.25, 0.3) is 0 Å². The first-order valence-electron chi connectivity index (χ1n) is 7.25. The van der Waals surface area contributed by atoms with Crippen LogP contribution in [-0.2, 0) is 0 Å². The maximum absolute atomic E-state index is 9.42. The van der Waals surface area contributed by atoms with Crippen molar-refractivity contribution in [3.8, 4) is 6.07 Å². The molecule has 114 valence electrons. The molecule has 0 aromatic heterocycles. The standard InChI is InChI=1S/C15H17ClN6/c16-11-4-5-12(10(8-11)9-17)22-14(19)20-13(18)21-15(22)6-2-1-3-7-15/h4-5,8H,1-3,6-7H2,(H4,18,19,20,21). The fraction of sp³-hybridized carbons (Fsp3) is 0.400. The number of hydrogen-bond acceptors (Lipinski definition) is 6. The van der Waals surface area contributed by atoms with Gasteiger partial charge in [-0.15, -0.1) is 0 Å². The van der Waals surface area contributed by atoms with Gasteiger partial charge in [-0.05, 0) is 43.9 Å². The minimum absolute atomic E-state index is 0.197. The average molecular weight is 317 g/mol. The summed E-state index contributed by atoms with van der Waals surface area (Å²) < 4.78 is 0. The second-order valence-electron chi connectivity index (χ2n) is 5.59. The molecule has 7 heteroatoms. The first kappa shape index (κ1) is 14.7. The lowest BCUT2D eigenvalue weighted by molar-refractivity contribution is 0.305. The van der Waals surface area contributed by atoms with E-state index in [4.69, 9.17) is 23.1 Å². The molecule has 1 saturated carbocycles. The molecule has 0 bridgehead atoms. The summed E-state index contributed by atoms with van der Waals surface area (Å²) >= 11 is 5.99. The Morgan fingerprint density at radius 2 is 1.95 bits per heavy atom. The number of halogens is 1. The molecule has 1 heterocycles. The second-order valence-corrected chi connectivity index (χ2v) is 6.03. The van der Waals surface area contributed by atoms with Crippen LogP contribution in [-0.4, -0.2) is 17.6 Å². The van der Waals surface area contributed by atoms with Gasteiger partial charge in [0, 0.05) is 5.02 Å². The number of nitriles is 1. The lowest BCUT2D eigenvalue weighted by Crippen LogP contribution is -2.58. The molecule has 2 aliphatic rings. The third-order valence-corrected chi connectivity index (χ3v) is 4.41. The van der Waals surface area contributed by atoms with Crippen LogP contribution in [0.4, 0.5) is 5.69 Å². The first-order chi connectivity index (χ1) is 10.6. The van der Waals surface area contributed by atoms with Gasteiger partial charge in [-0.2, -0.15) is 10.3 Å². The maximum atomic E-state index is 9.42. The molecule has 6 nitrogen and oxygen atoms in total. The Labute approximate surface area is 134 Å². The zero-order valence-electron chi connectivity index (χ0n) is 12.1. The van der Waals surface area contributed by atoms with Gasteiger partial charge in [-0.3, -0.25) is 4.90 Å². The van der Waals surface area contributed by atoms with Crippen LogP contribution in [0.25, 0.3) is 0 Å².